The summed E-state index contributed by atoms with van der Waals surface area (Å²) in [5, 5.41) is 13.2. The lowest BCUT2D eigenvalue weighted by molar-refractivity contribution is 0.0296. The summed E-state index contributed by atoms with van der Waals surface area (Å²) in [5.41, 5.74) is 4.04. The molecule has 0 aliphatic carbocycles. The first kappa shape index (κ1) is 25.2. The number of amides is 2. The summed E-state index contributed by atoms with van der Waals surface area (Å²) in [5.74, 6) is 2.40. The van der Waals surface area contributed by atoms with Gasteiger partial charge in [-0.25, -0.2) is 4.79 Å². The predicted molar refractivity (Wildman–Crippen MR) is 154 cm³/mol. The van der Waals surface area contributed by atoms with Crippen LogP contribution in [0.15, 0.2) is 66.7 Å². The highest BCUT2D eigenvalue weighted by Crippen LogP contribution is 2.42. The first-order chi connectivity index (χ1) is 19.0. The van der Waals surface area contributed by atoms with Crippen molar-refractivity contribution >= 4 is 22.5 Å². The van der Waals surface area contributed by atoms with Crippen LogP contribution in [0, 0.1) is 5.92 Å². The first-order valence-corrected chi connectivity index (χ1v) is 13.6. The Morgan fingerprint density at radius 2 is 1.85 bits per heavy atom. The third kappa shape index (κ3) is 4.92. The fourth-order valence-electron chi connectivity index (χ4n) is 6.36. The van der Waals surface area contributed by atoms with E-state index in [1.165, 1.54) is 12.1 Å². The molecule has 7 rings (SSSR count). The number of anilines is 1. The average molecular weight is 526 g/mol. The fourth-order valence-corrected chi connectivity index (χ4v) is 6.36. The number of urea groups is 1. The first-order valence-electron chi connectivity index (χ1n) is 13.6. The van der Waals surface area contributed by atoms with Crippen LogP contribution in [0.3, 0.4) is 0 Å². The van der Waals surface area contributed by atoms with Crippen molar-refractivity contribution < 1.29 is 14.3 Å². The molecule has 3 aliphatic rings. The Labute approximate surface area is 228 Å². The fraction of sp³-hybridized carbons (Fsp3) is 0.355. The summed E-state index contributed by atoms with van der Waals surface area (Å²) in [6.45, 7) is 2.69. The molecule has 3 aliphatic heterocycles. The molecule has 4 aromatic rings. The van der Waals surface area contributed by atoms with E-state index in [0.717, 1.165) is 47.2 Å². The summed E-state index contributed by atoms with van der Waals surface area (Å²) < 4.78 is 12.9. The highest BCUT2D eigenvalue weighted by atomic mass is 16.5. The summed E-state index contributed by atoms with van der Waals surface area (Å²) >= 11 is 0. The Bertz CT molecular complexity index is 1490. The molecule has 2 bridgehead atoms. The number of nitrogens with one attached hydrogen (secondary N) is 2. The van der Waals surface area contributed by atoms with Gasteiger partial charge in [0.05, 0.1) is 25.6 Å². The largest absolute Gasteiger partial charge is 0.493 e. The summed E-state index contributed by atoms with van der Waals surface area (Å²) in [7, 11) is 5.33. The van der Waals surface area contributed by atoms with Crippen LogP contribution in [0.2, 0.25) is 0 Å². The van der Waals surface area contributed by atoms with Crippen molar-refractivity contribution in [3.63, 3.8) is 0 Å². The zero-order chi connectivity index (χ0) is 26.9. The number of rotatable bonds is 7. The van der Waals surface area contributed by atoms with E-state index in [2.05, 4.69) is 33.7 Å². The Kier molecular flexibility index (Phi) is 6.87. The molecule has 0 spiro atoms. The minimum atomic E-state index is -0.156. The summed E-state index contributed by atoms with van der Waals surface area (Å²) in [4.78, 5) is 15.3. The SMILES string of the molecule is COc1ccc(-c2cc([C@H]3CN4CC[C@H]3C[C@@H]4CNC(=O)Nc3cccc4ccccc34)n(C)n2)cc1OC. The van der Waals surface area contributed by atoms with Crippen molar-refractivity contribution in [2.45, 2.75) is 24.8 Å². The Balaban J connectivity index is 1.10. The van der Waals surface area contributed by atoms with Gasteiger partial charge in [0.2, 0.25) is 0 Å². The number of hydrogen-bond donors (Lipinski definition) is 2. The van der Waals surface area contributed by atoms with E-state index < -0.39 is 0 Å². The molecule has 3 fully saturated rings. The highest BCUT2D eigenvalue weighted by Gasteiger charge is 2.41. The van der Waals surface area contributed by atoms with Gasteiger partial charge in [-0.05, 0) is 61.0 Å². The van der Waals surface area contributed by atoms with E-state index in [1.807, 2.05) is 60.3 Å². The zero-order valence-electron chi connectivity index (χ0n) is 22.7. The van der Waals surface area contributed by atoms with Crippen molar-refractivity contribution in [1.82, 2.24) is 20.0 Å². The number of nitrogens with zero attached hydrogens (tertiary/aromatic N) is 3. The topological polar surface area (TPSA) is 80.7 Å². The number of carbonyl (C=O) groups excluding carboxylic acids is 1. The molecule has 202 valence electrons. The highest BCUT2D eigenvalue weighted by molar-refractivity contribution is 6.01. The lowest BCUT2D eigenvalue weighted by atomic mass is 9.74. The lowest BCUT2D eigenvalue weighted by Crippen LogP contribution is -2.56. The van der Waals surface area contributed by atoms with Crippen LogP contribution in [-0.2, 0) is 7.05 Å². The predicted octanol–water partition coefficient (Wildman–Crippen LogP) is 5.26. The molecule has 3 aromatic carbocycles. The monoisotopic (exact) mass is 525 g/mol. The van der Waals surface area contributed by atoms with Crippen molar-refractivity contribution in [3.8, 4) is 22.8 Å². The van der Waals surface area contributed by atoms with Crippen LogP contribution in [0.25, 0.3) is 22.0 Å². The molecule has 0 radical (unpaired) electrons. The molecule has 0 saturated carbocycles. The van der Waals surface area contributed by atoms with Crippen molar-refractivity contribution in [3.05, 3.63) is 72.4 Å². The van der Waals surface area contributed by atoms with Crippen LogP contribution >= 0.6 is 0 Å². The minimum absolute atomic E-state index is 0.156. The lowest BCUT2D eigenvalue weighted by Gasteiger charge is -2.49. The number of benzene rings is 3. The second-order valence-electron chi connectivity index (χ2n) is 10.5. The van der Waals surface area contributed by atoms with Gasteiger partial charge in [-0.15, -0.1) is 0 Å². The van der Waals surface area contributed by atoms with E-state index in [1.54, 1.807) is 14.2 Å². The van der Waals surface area contributed by atoms with E-state index in [4.69, 9.17) is 14.6 Å². The molecule has 4 heterocycles. The van der Waals surface area contributed by atoms with Crippen LogP contribution < -0.4 is 20.1 Å². The number of methoxy groups -OCH3 is 2. The van der Waals surface area contributed by atoms with Crippen LogP contribution in [0.4, 0.5) is 10.5 Å². The number of aryl methyl sites for hydroxylation is 1. The van der Waals surface area contributed by atoms with Gasteiger partial charge in [-0.2, -0.15) is 5.10 Å². The number of hydrogen-bond acceptors (Lipinski definition) is 5. The third-order valence-corrected chi connectivity index (χ3v) is 8.39. The van der Waals surface area contributed by atoms with E-state index in [0.29, 0.717) is 35.9 Å². The molecule has 8 nitrogen and oxygen atoms in total. The van der Waals surface area contributed by atoms with E-state index in [-0.39, 0.29) is 6.03 Å². The summed E-state index contributed by atoms with van der Waals surface area (Å²) in [6, 6.07) is 22.4. The summed E-state index contributed by atoms with van der Waals surface area (Å²) in [6.07, 6.45) is 2.23. The second kappa shape index (κ2) is 10.6. The van der Waals surface area contributed by atoms with Crippen LogP contribution in [-0.4, -0.2) is 60.6 Å². The van der Waals surface area contributed by atoms with Gasteiger partial charge in [-0.3, -0.25) is 9.58 Å². The van der Waals surface area contributed by atoms with Gasteiger partial charge < -0.3 is 20.1 Å². The van der Waals surface area contributed by atoms with Gasteiger partial charge in [0, 0.05) is 48.7 Å². The number of ether oxygens (including phenoxy) is 2. The van der Waals surface area contributed by atoms with Gasteiger partial charge in [0.1, 0.15) is 0 Å². The zero-order valence-corrected chi connectivity index (χ0v) is 22.7. The molecule has 2 amide bonds. The maximum Gasteiger partial charge on any atom is 0.319 e. The molecular formula is C31H35N5O3. The van der Waals surface area contributed by atoms with E-state index in [9.17, 15) is 4.79 Å². The van der Waals surface area contributed by atoms with Crippen molar-refractivity contribution in [1.29, 1.82) is 0 Å². The molecule has 4 atom stereocenters. The van der Waals surface area contributed by atoms with Gasteiger partial charge in [0.25, 0.3) is 0 Å². The number of carbonyl (C=O) groups is 1. The maximum atomic E-state index is 12.8. The molecular weight excluding hydrogens is 490 g/mol. The quantitative estimate of drug-likeness (QED) is 0.344. The minimum Gasteiger partial charge on any atom is -0.493 e. The standard InChI is InChI=1S/C31H35N5O3/c1-35-28(17-27(34-35)22-11-12-29(38-2)30(16-22)39-3)25-19-36-14-13-21(25)15-23(36)18-32-31(37)33-26-10-6-8-20-7-4-5-9-24(20)26/h4-12,16-17,21,23,25H,13-15,18-19H2,1-3H3,(H2,32,33,37)/t21-,23+,25-/m0/s1. The Hall–Kier alpha value is -4.04. The third-order valence-electron chi connectivity index (χ3n) is 8.39. The smallest absolute Gasteiger partial charge is 0.319 e. The number of piperidine rings is 3. The van der Waals surface area contributed by atoms with Crippen LogP contribution in [0.1, 0.15) is 24.5 Å². The van der Waals surface area contributed by atoms with Crippen molar-refractivity contribution in [2.75, 3.05) is 39.2 Å². The Morgan fingerprint density at radius 3 is 2.64 bits per heavy atom. The molecule has 39 heavy (non-hydrogen) atoms. The maximum absolute atomic E-state index is 12.8. The Morgan fingerprint density at radius 1 is 1.03 bits per heavy atom. The van der Waals surface area contributed by atoms with Gasteiger partial charge >= 0.3 is 6.03 Å². The van der Waals surface area contributed by atoms with Crippen LogP contribution in [0.5, 0.6) is 11.5 Å². The number of fused-ring (bicyclic) bond motifs is 4. The molecule has 1 unspecified atom stereocenters. The van der Waals surface area contributed by atoms with E-state index >= 15 is 0 Å². The van der Waals surface area contributed by atoms with Gasteiger partial charge in [0.15, 0.2) is 11.5 Å². The van der Waals surface area contributed by atoms with Gasteiger partial charge in [-0.1, -0.05) is 36.4 Å². The number of aromatic nitrogens is 2. The molecule has 1 aromatic heterocycles. The van der Waals surface area contributed by atoms with Crippen molar-refractivity contribution in [2.24, 2.45) is 13.0 Å². The second-order valence-corrected chi connectivity index (χ2v) is 10.5. The average Bonchev–Trinajstić information content (AvgIpc) is 3.37. The molecule has 8 heteroatoms. The molecule has 2 N–H and O–H groups in total. The normalized spacial score (nSPS) is 22.0. The molecule has 3 saturated heterocycles.